The molecule has 1 aromatic carbocycles. The number of nitrogens with one attached hydrogen (secondary N) is 1. The van der Waals surface area contributed by atoms with E-state index < -0.39 is 5.60 Å². The third-order valence-electron chi connectivity index (χ3n) is 7.16. The number of piperidine rings is 1. The first-order valence-electron chi connectivity index (χ1n) is 11.3. The van der Waals surface area contributed by atoms with Crippen molar-refractivity contribution in [1.29, 1.82) is 0 Å². The van der Waals surface area contributed by atoms with Gasteiger partial charge in [-0.2, -0.15) is 0 Å². The molecular formula is C25H40Cl2N2O. The van der Waals surface area contributed by atoms with Gasteiger partial charge in [0.05, 0.1) is 5.60 Å². The molecule has 2 saturated carbocycles. The third-order valence-corrected chi connectivity index (χ3v) is 7.16. The summed E-state index contributed by atoms with van der Waals surface area (Å²) in [6.07, 6.45) is 10.2. The molecule has 3 nitrogen and oxygen atoms in total. The highest BCUT2D eigenvalue weighted by atomic mass is 35.5. The summed E-state index contributed by atoms with van der Waals surface area (Å²) < 4.78 is 0. The van der Waals surface area contributed by atoms with E-state index in [2.05, 4.69) is 53.5 Å². The summed E-state index contributed by atoms with van der Waals surface area (Å²) in [5, 5.41) is 14.0. The Hall–Kier alpha value is -0.580. The molecule has 2 N–H and O–H groups in total. The number of hydrogen-bond donors (Lipinski definition) is 2. The number of nitrogens with zero attached hydrogens (tertiary/aromatic N) is 1. The van der Waals surface area contributed by atoms with Gasteiger partial charge in [-0.3, -0.25) is 0 Å². The van der Waals surface area contributed by atoms with Crippen molar-refractivity contribution < 1.29 is 5.11 Å². The van der Waals surface area contributed by atoms with Crippen molar-refractivity contribution in [3.63, 3.8) is 0 Å². The number of benzene rings is 1. The van der Waals surface area contributed by atoms with Crippen LogP contribution in [0.1, 0.15) is 64.9 Å². The summed E-state index contributed by atoms with van der Waals surface area (Å²) in [5.41, 5.74) is 2.97. The summed E-state index contributed by atoms with van der Waals surface area (Å²) in [6.45, 7) is 9.25. The molecule has 4 rings (SSSR count). The fourth-order valence-corrected chi connectivity index (χ4v) is 5.57. The van der Waals surface area contributed by atoms with Crippen LogP contribution in [0.15, 0.2) is 35.9 Å². The van der Waals surface area contributed by atoms with Gasteiger partial charge in [0.2, 0.25) is 0 Å². The second-order valence-electron chi connectivity index (χ2n) is 10.3. The molecule has 1 aromatic rings. The van der Waals surface area contributed by atoms with Crippen LogP contribution in [0.2, 0.25) is 0 Å². The first-order valence-corrected chi connectivity index (χ1v) is 11.3. The molecule has 2 atom stereocenters. The van der Waals surface area contributed by atoms with E-state index in [1.807, 2.05) is 13.8 Å². The quantitative estimate of drug-likeness (QED) is 0.584. The number of aliphatic hydroxyl groups is 1. The Morgan fingerprint density at radius 2 is 1.80 bits per heavy atom. The molecule has 1 spiro atoms. The Balaban J connectivity index is 0.00000160. The summed E-state index contributed by atoms with van der Waals surface area (Å²) in [4.78, 5) is 2.45. The lowest BCUT2D eigenvalue weighted by atomic mass is 9.60. The van der Waals surface area contributed by atoms with Crippen molar-refractivity contribution in [3.8, 4) is 0 Å². The minimum Gasteiger partial charge on any atom is -0.389 e. The average molecular weight is 456 g/mol. The van der Waals surface area contributed by atoms with Gasteiger partial charge in [0, 0.05) is 18.6 Å². The van der Waals surface area contributed by atoms with Crippen molar-refractivity contribution in [3.05, 3.63) is 41.5 Å². The predicted octanol–water partition coefficient (Wildman–Crippen LogP) is 5.32. The van der Waals surface area contributed by atoms with E-state index in [1.54, 1.807) is 5.57 Å². The third kappa shape index (κ3) is 6.46. The molecule has 2 aliphatic carbocycles. The van der Waals surface area contributed by atoms with Crippen molar-refractivity contribution in [2.24, 2.45) is 11.3 Å². The van der Waals surface area contributed by atoms with Crippen molar-refractivity contribution in [1.82, 2.24) is 10.2 Å². The molecular weight excluding hydrogens is 415 g/mol. The molecule has 0 unspecified atom stereocenters. The predicted molar refractivity (Wildman–Crippen MR) is 132 cm³/mol. The van der Waals surface area contributed by atoms with Gasteiger partial charge in [-0.1, -0.05) is 48.9 Å². The zero-order valence-corrected chi connectivity index (χ0v) is 20.4. The SMILES string of the molecule is CC/C(=C\c1ccccc1)[C@@H]1C[C@H]1NC1CC2(CCN(CC(C)(C)O)CC2)C1.Cl.Cl. The zero-order valence-electron chi connectivity index (χ0n) is 18.8. The highest BCUT2D eigenvalue weighted by molar-refractivity contribution is 5.85. The maximum Gasteiger partial charge on any atom is 0.0718 e. The van der Waals surface area contributed by atoms with Crippen LogP contribution in [0, 0.1) is 11.3 Å². The van der Waals surface area contributed by atoms with E-state index in [0.29, 0.717) is 11.5 Å². The molecule has 1 saturated heterocycles. The second-order valence-corrected chi connectivity index (χ2v) is 10.3. The lowest BCUT2D eigenvalue weighted by molar-refractivity contribution is -0.0256. The van der Waals surface area contributed by atoms with Crippen LogP contribution < -0.4 is 5.32 Å². The highest BCUT2D eigenvalue weighted by Gasteiger charge is 2.49. The maximum atomic E-state index is 10.0. The molecule has 0 radical (unpaired) electrons. The smallest absolute Gasteiger partial charge is 0.0718 e. The standard InChI is InChI=1S/C25H38N2O.2ClH/c1-4-20(14-19-8-6-5-7-9-19)22-15-23(22)26-21-16-25(17-21)10-12-27(13-11-25)18-24(2,3)28;;/h5-9,14,21-23,26,28H,4,10-13,15-18H2,1-3H3;2*1H/b20-14+;;/t22-,23+;;/m0../s1. The van der Waals surface area contributed by atoms with Gasteiger partial charge < -0.3 is 15.3 Å². The maximum absolute atomic E-state index is 10.0. The van der Waals surface area contributed by atoms with Crippen molar-refractivity contribution in [2.75, 3.05) is 19.6 Å². The molecule has 1 aliphatic heterocycles. The lowest BCUT2D eigenvalue weighted by Crippen LogP contribution is -2.55. The van der Waals surface area contributed by atoms with Crippen molar-refractivity contribution in [2.45, 2.75) is 77.0 Å². The minimum absolute atomic E-state index is 0. The van der Waals surface area contributed by atoms with E-state index in [-0.39, 0.29) is 24.8 Å². The fraction of sp³-hybridized carbons (Fsp3) is 0.680. The molecule has 3 aliphatic rings. The topological polar surface area (TPSA) is 35.5 Å². The van der Waals surface area contributed by atoms with E-state index in [0.717, 1.165) is 38.0 Å². The first-order chi connectivity index (χ1) is 13.4. The molecule has 0 bridgehead atoms. The number of hydrogen-bond acceptors (Lipinski definition) is 3. The first kappa shape index (κ1) is 25.7. The van der Waals surface area contributed by atoms with Crippen LogP contribution in [-0.4, -0.2) is 47.3 Å². The molecule has 0 aromatic heterocycles. The van der Waals surface area contributed by atoms with E-state index in [4.69, 9.17) is 0 Å². The van der Waals surface area contributed by atoms with Crippen LogP contribution >= 0.6 is 24.8 Å². The summed E-state index contributed by atoms with van der Waals surface area (Å²) in [6, 6.07) is 12.2. The molecule has 5 heteroatoms. The Morgan fingerprint density at radius 3 is 2.37 bits per heavy atom. The molecule has 30 heavy (non-hydrogen) atoms. The monoisotopic (exact) mass is 454 g/mol. The number of rotatable bonds is 7. The minimum atomic E-state index is -0.570. The van der Waals surface area contributed by atoms with Crippen LogP contribution in [0.3, 0.4) is 0 Å². The lowest BCUT2D eigenvalue weighted by Gasteiger charge is -2.53. The Bertz CT molecular complexity index is 685. The normalized spacial score (nSPS) is 26.5. The number of likely N-dealkylation sites (tertiary alicyclic amines) is 1. The number of β-amino-alcohol motifs (C(OH)–C–C–N with tert-alkyl or cyclic N) is 1. The Kier molecular flexibility index (Phi) is 8.87. The van der Waals surface area contributed by atoms with E-state index in [1.165, 1.54) is 37.7 Å². The fourth-order valence-electron chi connectivity index (χ4n) is 5.57. The van der Waals surface area contributed by atoms with Crippen LogP contribution in [0.4, 0.5) is 0 Å². The molecule has 3 fully saturated rings. The average Bonchev–Trinajstić information content (AvgIpc) is 3.39. The summed E-state index contributed by atoms with van der Waals surface area (Å²) >= 11 is 0. The van der Waals surface area contributed by atoms with Gasteiger partial charge >= 0.3 is 0 Å². The van der Waals surface area contributed by atoms with Gasteiger partial charge in [0.15, 0.2) is 0 Å². The van der Waals surface area contributed by atoms with Gasteiger partial charge in [0.1, 0.15) is 0 Å². The van der Waals surface area contributed by atoms with Gasteiger partial charge in [0.25, 0.3) is 0 Å². The van der Waals surface area contributed by atoms with Crippen molar-refractivity contribution >= 4 is 30.9 Å². The van der Waals surface area contributed by atoms with Gasteiger partial charge in [-0.05, 0) is 82.4 Å². The largest absolute Gasteiger partial charge is 0.389 e. The van der Waals surface area contributed by atoms with Gasteiger partial charge in [-0.15, -0.1) is 24.8 Å². The Labute approximate surface area is 195 Å². The number of halogens is 2. The molecule has 0 amide bonds. The van der Waals surface area contributed by atoms with Crippen LogP contribution in [-0.2, 0) is 0 Å². The van der Waals surface area contributed by atoms with E-state index >= 15 is 0 Å². The zero-order chi connectivity index (χ0) is 19.8. The second kappa shape index (κ2) is 10.4. The van der Waals surface area contributed by atoms with Gasteiger partial charge in [-0.25, -0.2) is 0 Å². The molecule has 1 heterocycles. The van der Waals surface area contributed by atoms with Crippen LogP contribution in [0.25, 0.3) is 6.08 Å². The highest BCUT2D eigenvalue weighted by Crippen LogP contribution is 2.51. The molecule has 170 valence electrons. The van der Waals surface area contributed by atoms with E-state index in [9.17, 15) is 5.11 Å². The van der Waals surface area contributed by atoms with Crippen LogP contribution in [0.5, 0.6) is 0 Å². The summed E-state index contributed by atoms with van der Waals surface area (Å²) in [7, 11) is 0. The Morgan fingerprint density at radius 1 is 1.17 bits per heavy atom. The summed E-state index contributed by atoms with van der Waals surface area (Å²) in [5.74, 6) is 0.746.